The van der Waals surface area contributed by atoms with Gasteiger partial charge in [0.1, 0.15) is 0 Å². The lowest BCUT2D eigenvalue weighted by atomic mass is 10.0. The minimum absolute atomic E-state index is 0.290. The molecule has 0 radical (unpaired) electrons. The SMILES string of the molecule is CC1OCCC1c1nc2ccc(N)cc2s1. The van der Waals surface area contributed by atoms with Crippen molar-refractivity contribution in [2.75, 3.05) is 12.3 Å². The van der Waals surface area contributed by atoms with E-state index in [-0.39, 0.29) is 6.10 Å². The molecule has 1 fully saturated rings. The number of nitrogens with two attached hydrogens (primary N) is 1. The fourth-order valence-corrected chi connectivity index (χ4v) is 3.42. The second kappa shape index (κ2) is 3.71. The summed E-state index contributed by atoms with van der Waals surface area (Å²) in [7, 11) is 0. The predicted molar refractivity (Wildman–Crippen MR) is 66.8 cm³/mol. The first kappa shape index (κ1) is 10.1. The normalized spacial score (nSPS) is 25.3. The highest BCUT2D eigenvalue weighted by atomic mass is 32.1. The summed E-state index contributed by atoms with van der Waals surface area (Å²) < 4.78 is 6.76. The van der Waals surface area contributed by atoms with Crippen LogP contribution in [0.3, 0.4) is 0 Å². The quantitative estimate of drug-likeness (QED) is 0.772. The number of nitrogens with zero attached hydrogens (tertiary/aromatic N) is 1. The number of thiazole rings is 1. The molecule has 2 unspecified atom stereocenters. The Hall–Kier alpha value is -1.13. The van der Waals surface area contributed by atoms with Crippen LogP contribution in [-0.2, 0) is 4.74 Å². The van der Waals surface area contributed by atoms with Gasteiger partial charge in [0.05, 0.1) is 21.3 Å². The summed E-state index contributed by atoms with van der Waals surface area (Å²) in [5.41, 5.74) is 7.62. The van der Waals surface area contributed by atoms with Crippen molar-refractivity contribution in [3.63, 3.8) is 0 Å². The molecule has 1 aliphatic rings. The fourth-order valence-electron chi connectivity index (χ4n) is 2.17. The van der Waals surface area contributed by atoms with E-state index >= 15 is 0 Å². The molecule has 0 saturated carbocycles. The monoisotopic (exact) mass is 234 g/mol. The van der Waals surface area contributed by atoms with Gasteiger partial charge in [0.25, 0.3) is 0 Å². The maximum atomic E-state index is 5.77. The van der Waals surface area contributed by atoms with Gasteiger partial charge in [-0.15, -0.1) is 11.3 Å². The average molecular weight is 234 g/mol. The smallest absolute Gasteiger partial charge is 0.0996 e. The highest BCUT2D eigenvalue weighted by Gasteiger charge is 2.28. The van der Waals surface area contributed by atoms with Crippen molar-refractivity contribution in [1.82, 2.24) is 4.98 Å². The van der Waals surface area contributed by atoms with E-state index in [0.717, 1.165) is 24.2 Å². The summed E-state index contributed by atoms with van der Waals surface area (Å²) in [5.74, 6) is 0.457. The van der Waals surface area contributed by atoms with Crippen molar-refractivity contribution < 1.29 is 4.74 Å². The van der Waals surface area contributed by atoms with E-state index in [1.54, 1.807) is 11.3 Å². The topological polar surface area (TPSA) is 48.1 Å². The molecule has 3 rings (SSSR count). The van der Waals surface area contributed by atoms with E-state index in [1.807, 2.05) is 18.2 Å². The van der Waals surface area contributed by atoms with Gasteiger partial charge in [-0.1, -0.05) is 0 Å². The lowest BCUT2D eigenvalue weighted by Gasteiger charge is -2.09. The Balaban J connectivity index is 2.04. The minimum Gasteiger partial charge on any atom is -0.399 e. The molecule has 84 valence electrons. The van der Waals surface area contributed by atoms with Crippen molar-refractivity contribution in [2.24, 2.45) is 0 Å². The van der Waals surface area contributed by atoms with E-state index in [0.29, 0.717) is 5.92 Å². The van der Waals surface area contributed by atoms with Crippen LogP contribution >= 0.6 is 11.3 Å². The molecule has 2 aromatic rings. The van der Waals surface area contributed by atoms with Gasteiger partial charge in [-0.25, -0.2) is 4.98 Å². The van der Waals surface area contributed by atoms with Crippen molar-refractivity contribution >= 4 is 27.2 Å². The molecule has 0 aliphatic carbocycles. The van der Waals surface area contributed by atoms with Crippen LogP contribution in [0.4, 0.5) is 5.69 Å². The van der Waals surface area contributed by atoms with Gasteiger partial charge in [-0.05, 0) is 31.5 Å². The summed E-state index contributed by atoms with van der Waals surface area (Å²) in [6.45, 7) is 2.97. The number of ether oxygens (including phenoxy) is 1. The Morgan fingerprint density at radius 2 is 2.38 bits per heavy atom. The lowest BCUT2D eigenvalue weighted by Crippen LogP contribution is -2.08. The molecule has 0 spiro atoms. The van der Waals surface area contributed by atoms with Crippen molar-refractivity contribution in [1.29, 1.82) is 0 Å². The maximum Gasteiger partial charge on any atom is 0.0996 e. The zero-order valence-corrected chi connectivity index (χ0v) is 9.96. The number of hydrogen-bond donors (Lipinski definition) is 1. The molecular formula is C12H14N2OS. The lowest BCUT2D eigenvalue weighted by molar-refractivity contribution is 0.118. The molecule has 1 aliphatic heterocycles. The second-order valence-electron chi connectivity index (χ2n) is 4.25. The van der Waals surface area contributed by atoms with E-state index in [9.17, 15) is 0 Å². The standard InChI is InChI=1S/C12H14N2OS/c1-7-9(4-5-15-7)12-14-10-3-2-8(13)6-11(10)16-12/h2-3,6-7,9H,4-5,13H2,1H3. The van der Waals surface area contributed by atoms with Gasteiger partial charge in [0.15, 0.2) is 0 Å². The number of fused-ring (bicyclic) bond motifs is 1. The molecule has 1 aromatic carbocycles. The highest BCUT2D eigenvalue weighted by molar-refractivity contribution is 7.18. The molecule has 0 amide bonds. The first-order valence-electron chi connectivity index (χ1n) is 5.51. The first-order chi connectivity index (χ1) is 7.74. The molecule has 2 N–H and O–H groups in total. The van der Waals surface area contributed by atoms with Crippen LogP contribution in [0, 0.1) is 0 Å². The third-order valence-electron chi connectivity index (χ3n) is 3.12. The number of benzene rings is 1. The zero-order valence-electron chi connectivity index (χ0n) is 9.14. The Kier molecular flexibility index (Phi) is 2.33. The zero-order chi connectivity index (χ0) is 11.1. The number of anilines is 1. The van der Waals surface area contributed by atoms with Crippen molar-refractivity contribution in [2.45, 2.75) is 25.4 Å². The fraction of sp³-hybridized carbons (Fsp3) is 0.417. The summed E-state index contributed by atoms with van der Waals surface area (Å²) in [6.07, 6.45) is 1.37. The molecular weight excluding hydrogens is 220 g/mol. The molecule has 1 saturated heterocycles. The van der Waals surface area contributed by atoms with Gasteiger partial charge in [0.2, 0.25) is 0 Å². The van der Waals surface area contributed by atoms with Crippen LogP contribution in [0.15, 0.2) is 18.2 Å². The summed E-state index contributed by atoms with van der Waals surface area (Å²) in [5, 5.41) is 1.19. The third kappa shape index (κ3) is 1.58. The molecule has 1 aromatic heterocycles. The number of hydrogen-bond acceptors (Lipinski definition) is 4. The summed E-state index contributed by atoms with van der Waals surface area (Å²) in [6, 6.07) is 5.89. The van der Waals surface area contributed by atoms with Gasteiger partial charge in [-0.2, -0.15) is 0 Å². The molecule has 16 heavy (non-hydrogen) atoms. The van der Waals surface area contributed by atoms with E-state index < -0.39 is 0 Å². The number of nitrogen functional groups attached to an aromatic ring is 1. The van der Waals surface area contributed by atoms with Crippen LogP contribution in [-0.4, -0.2) is 17.7 Å². The Labute approximate surface area is 98.2 Å². The average Bonchev–Trinajstić information content (AvgIpc) is 2.82. The highest BCUT2D eigenvalue weighted by Crippen LogP contribution is 2.36. The van der Waals surface area contributed by atoms with Gasteiger partial charge in [-0.3, -0.25) is 0 Å². The molecule has 2 heterocycles. The maximum absolute atomic E-state index is 5.77. The minimum atomic E-state index is 0.290. The molecule has 3 nitrogen and oxygen atoms in total. The van der Waals surface area contributed by atoms with Crippen molar-refractivity contribution in [3.05, 3.63) is 23.2 Å². The first-order valence-corrected chi connectivity index (χ1v) is 6.33. The second-order valence-corrected chi connectivity index (χ2v) is 5.31. The summed E-state index contributed by atoms with van der Waals surface area (Å²) in [4.78, 5) is 4.67. The predicted octanol–water partition coefficient (Wildman–Crippen LogP) is 2.77. The Morgan fingerprint density at radius 3 is 3.12 bits per heavy atom. The van der Waals surface area contributed by atoms with Gasteiger partial charge < -0.3 is 10.5 Å². The van der Waals surface area contributed by atoms with Crippen LogP contribution in [0.1, 0.15) is 24.3 Å². The van der Waals surface area contributed by atoms with Crippen LogP contribution in [0.5, 0.6) is 0 Å². The van der Waals surface area contributed by atoms with E-state index in [4.69, 9.17) is 10.5 Å². The van der Waals surface area contributed by atoms with Crippen LogP contribution in [0.25, 0.3) is 10.2 Å². The van der Waals surface area contributed by atoms with E-state index in [1.165, 1.54) is 9.71 Å². The number of aromatic nitrogens is 1. The van der Waals surface area contributed by atoms with Crippen LogP contribution in [0.2, 0.25) is 0 Å². The summed E-state index contributed by atoms with van der Waals surface area (Å²) >= 11 is 1.74. The molecule has 2 atom stereocenters. The molecule has 4 heteroatoms. The van der Waals surface area contributed by atoms with Gasteiger partial charge in [0, 0.05) is 18.2 Å². The largest absolute Gasteiger partial charge is 0.399 e. The van der Waals surface area contributed by atoms with Crippen molar-refractivity contribution in [3.8, 4) is 0 Å². The van der Waals surface area contributed by atoms with Crippen LogP contribution < -0.4 is 5.73 Å². The van der Waals surface area contributed by atoms with E-state index in [2.05, 4.69) is 11.9 Å². The van der Waals surface area contributed by atoms with Gasteiger partial charge >= 0.3 is 0 Å². The third-order valence-corrected chi connectivity index (χ3v) is 4.27. The molecule has 0 bridgehead atoms. The number of rotatable bonds is 1. The Morgan fingerprint density at radius 1 is 1.50 bits per heavy atom. The Bertz CT molecular complexity index is 523.